The van der Waals surface area contributed by atoms with Crippen LogP contribution in [0.3, 0.4) is 0 Å². The second-order valence-electron chi connectivity index (χ2n) is 3.39. The van der Waals surface area contributed by atoms with Gasteiger partial charge in [0.1, 0.15) is 0 Å². The second kappa shape index (κ2) is 4.45. The number of rotatable bonds is 2. The van der Waals surface area contributed by atoms with E-state index in [0.717, 1.165) is 0 Å². The molecule has 1 aromatic carbocycles. The minimum absolute atomic E-state index is 0.150. The van der Waals surface area contributed by atoms with Crippen molar-refractivity contribution >= 4 is 5.97 Å². The van der Waals surface area contributed by atoms with E-state index >= 15 is 0 Å². The molecule has 0 fully saturated rings. The fraction of sp³-hybridized carbons (Fsp3) is 0. The van der Waals surface area contributed by atoms with Gasteiger partial charge in [-0.1, -0.05) is 12.1 Å². The molecule has 1 aromatic heterocycles. The van der Waals surface area contributed by atoms with Crippen molar-refractivity contribution in [3.8, 4) is 17.3 Å². The Morgan fingerprint density at radius 3 is 2.53 bits per heavy atom. The summed E-state index contributed by atoms with van der Waals surface area (Å²) in [6.45, 7) is 0. The second-order valence-corrected chi connectivity index (χ2v) is 3.39. The molecule has 0 amide bonds. The van der Waals surface area contributed by atoms with Crippen LogP contribution in [-0.4, -0.2) is 16.1 Å². The maximum Gasteiger partial charge on any atom is 0.337 e. The van der Waals surface area contributed by atoms with E-state index in [1.165, 1.54) is 6.07 Å². The molecule has 2 aromatic rings. The van der Waals surface area contributed by atoms with Crippen LogP contribution < -0.4 is 0 Å². The molecular weight excluding hydrogens is 216 g/mol. The van der Waals surface area contributed by atoms with Crippen LogP contribution in [0, 0.1) is 11.3 Å². The summed E-state index contributed by atoms with van der Waals surface area (Å²) in [6, 6.07) is 11.7. The van der Waals surface area contributed by atoms with Crippen LogP contribution in [0.2, 0.25) is 0 Å². The summed E-state index contributed by atoms with van der Waals surface area (Å²) < 4.78 is 0. The largest absolute Gasteiger partial charge is 0.478 e. The number of carbonyl (C=O) groups is 1. The van der Waals surface area contributed by atoms with Gasteiger partial charge in [0.2, 0.25) is 0 Å². The van der Waals surface area contributed by atoms with Gasteiger partial charge in [-0.25, -0.2) is 4.79 Å². The zero-order chi connectivity index (χ0) is 12.3. The quantitative estimate of drug-likeness (QED) is 0.849. The summed E-state index contributed by atoms with van der Waals surface area (Å²) in [5.74, 6) is -1.02. The number of pyridine rings is 1. The maximum absolute atomic E-state index is 11.0. The molecule has 0 radical (unpaired) electrons. The number of aromatic nitrogens is 1. The topological polar surface area (TPSA) is 74.0 Å². The Morgan fingerprint density at radius 2 is 1.94 bits per heavy atom. The SMILES string of the molecule is N#Cc1ccc(-c2ncccc2C(=O)O)cc1. The third-order valence-electron chi connectivity index (χ3n) is 2.33. The van der Waals surface area contributed by atoms with Crippen LogP contribution in [0.5, 0.6) is 0 Å². The van der Waals surface area contributed by atoms with Crippen LogP contribution in [0.25, 0.3) is 11.3 Å². The number of benzene rings is 1. The standard InChI is InChI=1S/C13H8N2O2/c14-8-9-3-5-10(6-4-9)12-11(13(16)17)2-1-7-15-12/h1-7H,(H,16,17). The van der Waals surface area contributed by atoms with Crippen molar-refractivity contribution in [2.45, 2.75) is 0 Å². The van der Waals surface area contributed by atoms with E-state index in [-0.39, 0.29) is 5.56 Å². The highest BCUT2D eigenvalue weighted by Crippen LogP contribution is 2.21. The summed E-state index contributed by atoms with van der Waals surface area (Å²) in [5.41, 5.74) is 1.77. The molecule has 82 valence electrons. The van der Waals surface area contributed by atoms with Crippen LogP contribution in [0.1, 0.15) is 15.9 Å². The first-order valence-corrected chi connectivity index (χ1v) is 4.91. The molecular formula is C13H8N2O2. The smallest absolute Gasteiger partial charge is 0.337 e. The van der Waals surface area contributed by atoms with Crippen LogP contribution in [0.15, 0.2) is 42.6 Å². The maximum atomic E-state index is 11.0. The average Bonchev–Trinajstić information content (AvgIpc) is 2.39. The van der Waals surface area contributed by atoms with Gasteiger partial charge < -0.3 is 5.11 Å². The van der Waals surface area contributed by atoms with E-state index < -0.39 is 5.97 Å². The van der Waals surface area contributed by atoms with Crippen molar-refractivity contribution in [1.29, 1.82) is 5.26 Å². The Bertz CT molecular complexity index is 598. The van der Waals surface area contributed by atoms with E-state index in [0.29, 0.717) is 16.8 Å². The lowest BCUT2D eigenvalue weighted by Gasteiger charge is -2.04. The van der Waals surface area contributed by atoms with Gasteiger partial charge in [-0.15, -0.1) is 0 Å². The Hall–Kier alpha value is -2.67. The van der Waals surface area contributed by atoms with Gasteiger partial charge in [0.25, 0.3) is 0 Å². The molecule has 0 saturated carbocycles. The van der Waals surface area contributed by atoms with Gasteiger partial charge in [0.15, 0.2) is 0 Å². The van der Waals surface area contributed by atoms with E-state index in [2.05, 4.69) is 4.98 Å². The number of carboxylic acid groups (broad SMARTS) is 1. The van der Waals surface area contributed by atoms with Gasteiger partial charge in [0, 0.05) is 11.8 Å². The van der Waals surface area contributed by atoms with Crippen LogP contribution >= 0.6 is 0 Å². The number of nitrogens with zero attached hydrogens (tertiary/aromatic N) is 2. The number of aromatic carboxylic acids is 1. The van der Waals surface area contributed by atoms with Crippen molar-refractivity contribution in [3.63, 3.8) is 0 Å². The van der Waals surface area contributed by atoms with Gasteiger partial charge in [0.05, 0.1) is 22.9 Å². The average molecular weight is 224 g/mol. The third-order valence-corrected chi connectivity index (χ3v) is 2.33. The van der Waals surface area contributed by atoms with E-state index in [1.54, 1.807) is 36.5 Å². The number of hydrogen-bond acceptors (Lipinski definition) is 3. The zero-order valence-electron chi connectivity index (χ0n) is 8.79. The normalized spacial score (nSPS) is 9.59. The Balaban J connectivity index is 2.53. The molecule has 0 saturated heterocycles. The van der Waals surface area contributed by atoms with E-state index in [9.17, 15) is 4.79 Å². The van der Waals surface area contributed by atoms with Gasteiger partial charge in [-0.2, -0.15) is 5.26 Å². The predicted molar refractivity (Wildman–Crippen MR) is 61.3 cm³/mol. The van der Waals surface area contributed by atoms with Crippen LogP contribution in [0.4, 0.5) is 0 Å². The van der Waals surface area contributed by atoms with E-state index in [1.807, 2.05) is 6.07 Å². The lowest BCUT2D eigenvalue weighted by Crippen LogP contribution is -2.00. The summed E-state index contributed by atoms with van der Waals surface area (Å²) >= 11 is 0. The minimum Gasteiger partial charge on any atom is -0.478 e. The van der Waals surface area contributed by atoms with Crippen molar-refractivity contribution in [1.82, 2.24) is 4.98 Å². The minimum atomic E-state index is -1.02. The van der Waals surface area contributed by atoms with Crippen molar-refractivity contribution in [2.75, 3.05) is 0 Å². The van der Waals surface area contributed by atoms with E-state index in [4.69, 9.17) is 10.4 Å². The molecule has 0 bridgehead atoms. The van der Waals surface area contributed by atoms with Crippen LogP contribution in [-0.2, 0) is 0 Å². The molecule has 0 spiro atoms. The number of carboxylic acids is 1. The summed E-state index contributed by atoms with van der Waals surface area (Å²) in [4.78, 5) is 15.1. The number of nitriles is 1. The van der Waals surface area contributed by atoms with Crippen molar-refractivity contribution in [3.05, 3.63) is 53.7 Å². The molecule has 0 aliphatic heterocycles. The molecule has 0 aliphatic rings. The van der Waals surface area contributed by atoms with Gasteiger partial charge in [-0.3, -0.25) is 4.98 Å². The van der Waals surface area contributed by atoms with Gasteiger partial charge in [-0.05, 0) is 24.3 Å². The van der Waals surface area contributed by atoms with Gasteiger partial charge >= 0.3 is 5.97 Å². The highest BCUT2D eigenvalue weighted by atomic mass is 16.4. The molecule has 1 heterocycles. The first-order valence-electron chi connectivity index (χ1n) is 4.91. The summed E-state index contributed by atoms with van der Waals surface area (Å²) in [6.07, 6.45) is 1.54. The highest BCUT2D eigenvalue weighted by Gasteiger charge is 2.11. The van der Waals surface area contributed by atoms with Crippen molar-refractivity contribution in [2.24, 2.45) is 0 Å². The lowest BCUT2D eigenvalue weighted by atomic mass is 10.0. The predicted octanol–water partition coefficient (Wildman–Crippen LogP) is 2.32. The Labute approximate surface area is 97.8 Å². The summed E-state index contributed by atoms with van der Waals surface area (Å²) in [7, 11) is 0. The lowest BCUT2D eigenvalue weighted by molar-refractivity contribution is 0.0697. The number of hydrogen-bond donors (Lipinski definition) is 1. The van der Waals surface area contributed by atoms with Crippen molar-refractivity contribution < 1.29 is 9.90 Å². The molecule has 0 aliphatic carbocycles. The molecule has 0 unspecified atom stereocenters. The fourth-order valence-electron chi connectivity index (χ4n) is 1.51. The Morgan fingerprint density at radius 1 is 1.24 bits per heavy atom. The summed E-state index contributed by atoms with van der Waals surface area (Å²) in [5, 5.41) is 17.7. The molecule has 4 nitrogen and oxygen atoms in total. The molecule has 4 heteroatoms. The molecule has 0 atom stereocenters. The molecule has 2 rings (SSSR count). The fourth-order valence-corrected chi connectivity index (χ4v) is 1.51. The molecule has 17 heavy (non-hydrogen) atoms. The highest BCUT2D eigenvalue weighted by molar-refractivity contribution is 5.94. The Kier molecular flexibility index (Phi) is 2.84. The zero-order valence-corrected chi connectivity index (χ0v) is 8.79. The first kappa shape index (κ1) is 10.8. The third kappa shape index (κ3) is 2.13. The molecule has 1 N–H and O–H groups in total. The monoisotopic (exact) mass is 224 g/mol. The first-order chi connectivity index (χ1) is 8.22.